The Kier molecular flexibility index (Phi) is 2.40. The molecule has 2 rings (SSSR count). The summed E-state index contributed by atoms with van der Waals surface area (Å²) < 4.78 is 1.62. The van der Waals surface area contributed by atoms with Crippen molar-refractivity contribution in [1.29, 1.82) is 0 Å². The normalized spacial score (nSPS) is 16.0. The molecule has 1 saturated carbocycles. The van der Waals surface area contributed by atoms with Crippen LogP contribution in [0.15, 0.2) is 23.4 Å². The topological polar surface area (TPSA) is 46.9 Å². The maximum Gasteiger partial charge on any atom is 0.253 e. The van der Waals surface area contributed by atoms with Crippen molar-refractivity contribution in [3.63, 3.8) is 0 Å². The first kappa shape index (κ1) is 8.44. The van der Waals surface area contributed by atoms with Crippen molar-refractivity contribution >= 4 is 0 Å². The van der Waals surface area contributed by atoms with Crippen molar-refractivity contribution < 1.29 is 0 Å². The SMILES string of the molecule is O=c1ccncn1CCNC1CC1. The molecule has 0 amide bonds. The molecular weight excluding hydrogens is 166 g/mol. The molecule has 1 aromatic rings. The maximum absolute atomic E-state index is 11.2. The summed E-state index contributed by atoms with van der Waals surface area (Å²) in [6.07, 6.45) is 5.66. The van der Waals surface area contributed by atoms with Gasteiger partial charge in [0.1, 0.15) is 0 Å². The van der Waals surface area contributed by atoms with E-state index in [2.05, 4.69) is 10.3 Å². The molecule has 4 heteroatoms. The molecule has 1 aliphatic carbocycles. The largest absolute Gasteiger partial charge is 0.312 e. The number of nitrogens with one attached hydrogen (secondary N) is 1. The summed E-state index contributed by atoms with van der Waals surface area (Å²) in [5, 5.41) is 3.34. The van der Waals surface area contributed by atoms with E-state index in [1.807, 2.05) is 0 Å². The first-order valence-corrected chi connectivity index (χ1v) is 4.60. The van der Waals surface area contributed by atoms with Gasteiger partial charge in [-0.2, -0.15) is 0 Å². The highest BCUT2D eigenvalue weighted by molar-refractivity contribution is 4.83. The highest BCUT2D eigenvalue weighted by atomic mass is 16.1. The van der Waals surface area contributed by atoms with Gasteiger partial charge in [0.05, 0.1) is 6.33 Å². The lowest BCUT2D eigenvalue weighted by Crippen LogP contribution is -2.27. The smallest absolute Gasteiger partial charge is 0.253 e. The summed E-state index contributed by atoms with van der Waals surface area (Å²) in [5.74, 6) is 0. The van der Waals surface area contributed by atoms with Crippen LogP contribution in [-0.2, 0) is 6.54 Å². The zero-order chi connectivity index (χ0) is 9.10. The van der Waals surface area contributed by atoms with Crippen molar-refractivity contribution in [1.82, 2.24) is 14.9 Å². The summed E-state index contributed by atoms with van der Waals surface area (Å²) >= 11 is 0. The molecule has 1 heterocycles. The fourth-order valence-corrected chi connectivity index (χ4v) is 1.22. The van der Waals surface area contributed by atoms with E-state index in [1.54, 1.807) is 10.9 Å². The fraction of sp³-hybridized carbons (Fsp3) is 0.556. The Morgan fingerprint density at radius 2 is 2.46 bits per heavy atom. The van der Waals surface area contributed by atoms with E-state index in [0.29, 0.717) is 12.6 Å². The molecule has 4 nitrogen and oxygen atoms in total. The number of hydrogen-bond donors (Lipinski definition) is 1. The lowest BCUT2D eigenvalue weighted by molar-refractivity contribution is 0.576. The van der Waals surface area contributed by atoms with Crippen molar-refractivity contribution in [2.45, 2.75) is 25.4 Å². The lowest BCUT2D eigenvalue weighted by atomic mass is 10.5. The molecule has 1 aliphatic rings. The third kappa shape index (κ3) is 2.39. The summed E-state index contributed by atoms with van der Waals surface area (Å²) in [5.41, 5.74) is 0.0209. The standard InChI is InChI=1S/C9H13N3O/c13-9-3-4-10-7-12(9)6-5-11-8-1-2-8/h3-4,7-8,11H,1-2,5-6H2. The highest BCUT2D eigenvalue weighted by Gasteiger charge is 2.19. The van der Waals surface area contributed by atoms with Crippen LogP contribution < -0.4 is 10.9 Å². The Bertz CT molecular complexity index is 330. The average Bonchev–Trinajstić information content (AvgIpc) is 2.92. The molecule has 13 heavy (non-hydrogen) atoms. The van der Waals surface area contributed by atoms with Crippen LogP contribution in [0, 0.1) is 0 Å². The van der Waals surface area contributed by atoms with Gasteiger partial charge in [0.25, 0.3) is 5.56 Å². The van der Waals surface area contributed by atoms with E-state index in [1.165, 1.54) is 25.1 Å². The Morgan fingerprint density at radius 3 is 3.15 bits per heavy atom. The number of rotatable bonds is 4. The molecule has 0 radical (unpaired) electrons. The van der Waals surface area contributed by atoms with Crippen LogP contribution >= 0.6 is 0 Å². The Labute approximate surface area is 76.6 Å². The van der Waals surface area contributed by atoms with E-state index in [9.17, 15) is 4.79 Å². The molecule has 0 unspecified atom stereocenters. The van der Waals surface area contributed by atoms with E-state index >= 15 is 0 Å². The zero-order valence-corrected chi connectivity index (χ0v) is 7.44. The monoisotopic (exact) mass is 179 g/mol. The molecule has 0 saturated heterocycles. The second-order valence-corrected chi connectivity index (χ2v) is 3.34. The van der Waals surface area contributed by atoms with Crippen molar-refractivity contribution in [2.75, 3.05) is 6.54 Å². The van der Waals surface area contributed by atoms with E-state index < -0.39 is 0 Å². The quantitative estimate of drug-likeness (QED) is 0.707. The van der Waals surface area contributed by atoms with Gasteiger partial charge in [-0.1, -0.05) is 0 Å². The molecule has 0 bridgehead atoms. The predicted molar refractivity (Wildman–Crippen MR) is 49.5 cm³/mol. The van der Waals surface area contributed by atoms with Crippen LogP contribution in [0.2, 0.25) is 0 Å². The second-order valence-electron chi connectivity index (χ2n) is 3.34. The maximum atomic E-state index is 11.2. The van der Waals surface area contributed by atoms with Crippen molar-refractivity contribution in [3.05, 3.63) is 28.9 Å². The van der Waals surface area contributed by atoms with Gasteiger partial charge in [-0.15, -0.1) is 0 Å². The van der Waals surface area contributed by atoms with Crippen LogP contribution in [0.1, 0.15) is 12.8 Å². The van der Waals surface area contributed by atoms with E-state index in [4.69, 9.17) is 0 Å². The van der Waals surface area contributed by atoms with Crippen molar-refractivity contribution in [3.8, 4) is 0 Å². The first-order valence-electron chi connectivity index (χ1n) is 4.60. The third-order valence-corrected chi connectivity index (χ3v) is 2.16. The summed E-state index contributed by atoms with van der Waals surface area (Å²) in [6.45, 7) is 1.57. The molecule has 1 aromatic heterocycles. The Hall–Kier alpha value is -1.16. The van der Waals surface area contributed by atoms with E-state index in [0.717, 1.165) is 6.54 Å². The van der Waals surface area contributed by atoms with Crippen LogP contribution in [-0.4, -0.2) is 22.1 Å². The van der Waals surface area contributed by atoms with Crippen LogP contribution in [0.4, 0.5) is 0 Å². The molecule has 0 atom stereocenters. The lowest BCUT2D eigenvalue weighted by Gasteiger charge is -2.04. The molecule has 0 aromatic carbocycles. The number of hydrogen-bond acceptors (Lipinski definition) is 3. The summed E-state index contributed by atoms with van der Waals surface area (Å²) in [4.78, 5) is 15.1. The first-order chi connectivity index (χ1) is 6.36. The van der Waals surface area contributed by atoms with Crippen molar-refractivity contribution in [2.24, 2.45) is 0 Å². The van der Waals surface area contributed by atoms with Gasteiger partial charge in [0.15, 0.2) is 0 Å². The molecule has 1 fully saturated rings. The zero-order valence-electron chi connectivity index (χ0n) is 7.44. The van der Waals surface area contributed by atoms with Gasteiger partial charge in [-0.05, 0) is 12.8 Å². The van der Waals surface area contributed by atoms with Gasteiger partial charge in [-0.3, -0.25) is 9.36 Å². The minimum Gasteiger partial charge on any atom is -0.312 e. The van der Waals surface area contributed by atoms with Gasteiger partial charge in [-0.25, -0.2) is 4.98 Å². The molecule has 0 spiro atoms. The second kappa shape index (κ2) is 3.70. The van der Waals surface area contributed by atoms with Gasteiger partial charge in [0, 0.05) is 31.4 Å². The van der Waals surface area contributed by atoms with Crippen LogP contribution in [0.25, 0.3) is 0 Å². The molecule has 70 valence electrons. The van der Waals surface area contributed by atoms with E-state index in [-0.39, 0.29) is 5.56 Å². The van der Waals surface area contributed by atoms with Gasteiger partial charge >= 0.3 is 0 Å². The van der Waals surface area contributed by atoms with Crippen LogP contribution in [0.5, 0.6) is 0 Å². The molecule has 0 aliphatic heterocycles. The minimum atomic E-state index is 0.0209. The average molecular weight is 179 g/mol. The van der Waals surface area contributed by atoms with Gasteiger partial charge < -0.3 is 5.32 Å². The van der Waals surface area contributed by atoms with Gasteiger partial charge in [0.2, 0.25) is 0 Å². The highest BCUT2D eigenvalue weighted by Crippen LogP contribution is 2.17. The molecular formula is C9H13N3O. The summed E-state index contributed by atoms with van der Waals surface area (Å²) in [7, 11) is 0. The predicted octanol–water partition coefficient (Wildman–Crippen LogP) is -0.00470. The van der Waals surface area contributed by atoms with Crippen LogP contribution in [0.3, 0.4) is 0 Å². The Morgan fingerprint density at radius 1 is 1.62 bits per heavy atom. The minimum absolute atomic E-state index is 0.0209. The Balaban J connectivity index is 1.85. The molecule has 1 N–H and O–H groups in total. The number of aromatic nitrogens is 2. The fourth-order valence-electron chi connectivity index (χ4n) is 1.22. The summed E-state index contributed by atoms with van der Waals surface area (Å²) in [6, 6.07) is 2.18. The number of nitrogens with zero attached hydrogens (tertiary/aromatic N) is 2. The third-order valence-electron chi connectivity index (χ3n) is 2.16.